The molecule has 1 unspecified atom stereocenters. The number of hydrogen-bond donors (Lipinski definition) is 1. The lowest BCUT2D eigenvalue weighted by Gasteiger charge is -2.21. The third-order valence-electron chi connectivity index (χ3n) is 4.26. The van der Waals surface area contributed by atoms with Crippen molar-refractivity contribution in [2.24, 2.45) is 5.92 Å². The van der Waals surface area contributed by atoms with E-state index in [1.54, 1.807) is 0 Å². The molecule has 0 radical (unpaired) electrons. The van der Waals surface area contributed by atoms with E-state index in [1.807, 2.05) is 13.8 Å². The maximum Gasteiger partial charge on any atom is 0.220 e. The van der Waals surface area contributed by atoms with Crippen LogP contribution in [0.5, 0.6) is 0 Å². The van der Waals surface area contributed by atoms with Crippen molar-refractivity contribution < 1.29 is 14.7 Å². The molecular weight excluding hydrogens is 374 g/mol. The summed E-state index contributed by atoms with van der Waals surface area (Å²) < 4.78 is 0. The molecule has 0 heterocycles. The molecule has 0 aromatic carbocycles. The molecule has 0 rings (SSSR count). The van der Waals surface area contributed by atoms with Gasteiger partial charge in [-0.25, -0.2) is 0 Å². The quantitative estimate of drug-likeness (QED) is 0.263. The number of carboxylic acid groups (broad SMARTS) is 1. The van der Waals surface area contributed by atoms with Gasteiger partial charge in [-0.05, 0) is 57.3 Å². The molecule has 4 heteroatoms. The van der Waals surface area contributed by atoms with Gasteiger partial charge in [-0.1, -0.05) is 81.5 Å². The van der Waals surface area contributed by atoms with E-state index in [-0.39, 0.29) is 11.8 Å². The standard InChI is InChI=1S/C26H41NO3/c1-4-5-6-7-8-9-10-11-12-13-14-15-16-17-18-19-20-21-25(28)27-24(26(29)30)22-23(2)3/h5-6,8-9,11-12,14-15,17-18,23-24H,4,7,10,13,16,19-22H2,1-3H3,(H,27,28)(H,29,30)/p-1/b6-5-,9-8-,12-11-,15-14-,18-17-. The van der Waals surface area contributed by atoms with Gasteiger partial charge in [-0.2, -0.15) is 0 Å². The van der Waals surface area contributed by atoms with Crippen LogP contribution in [0.15, 0.2) is 60.8 Å². The first kappa shape index (κ1) is 27.6. The first-order valence-electron chi connectivity index (χ1n) is 11.2. The number of allylic oxidation sites excluding steroid dienone is 10. The molecule has 4 nitrogen and oxygen atoms in total. The second-order valence-electron chi connectivity index (χ2n) is 7.67. The van der Waals surface area contributed by atoms with E-state index in [1.165, 1.54) is 0 Å². The van der Waals surface area contributed by atoms with Gasteiger partial charge in [0.2, 0.25) is 5.91 Å². The molecule has 0 fully saturated rings. The van der Waals surface area contributed by atoms with Gasteiger partial charge in [0.25, 0.3) is 0 Å². The van der Waals surface area contributed by atoms with Crippen LogP contribution in [-0.2, 0) is 9.59 Å². The smallest absolute Gasteiger partial charge is 0.220 e. The van der Waals surface area contributed by atoms with Crippen molar-refractivity contribution in [2.75, 3.05) is 0 Å². The number of carbonyl (C=O) groups excluding carboxylic acids is 2. The SMILES string of the molecule is CC/C=C\C/C=C\C/C=C\C/C=C\C/C=C\CCCC(=O)NC(CC(C)C)C(=O)[O-]. The minimum absolute atomic E-state index is 0.189. The van der Waals surface area contributed by atoms with E-state index >= 15 is 0 Å². The summed E-state index contributed by atoms with van der Waals surface area (Å²) in [5.41, 5.74) is 0. The van der Waals surface area contributed by atoms with E-state index in [0.29, 0.717) is 19.3 Å². The van der Waals surface area contributed by atoms with Crippen LogP contribution in [0.4, 0.5) is 0 Å². The Balaban J connectivity index is 3.76. The Kier molecular flexibility index (Phi) is 18.4. The van der Waals surface area contributed by atoms with Crippen LogP contribution in [0.1, 0.15) is 78.6 Å². The van der Waals surface area contributed by atoms with E-state index in [2.05, 4.69) is 73.0 Å². The monoisotopic (exact) mass is 414 g/mol. The normalized spacial score (nSPS) is 13.6. The summed E-state index contributed by atoms with van der Waals surface area (Å²) in [5, 5.41) is 13.6. The molecule has 0 saturated carbocycles. The number of unbranched alkanes of at least 4 members (excludes halogenated alkanes) is 1. The van der Waals surface area contributed by atoms with Gasteiger partial charge in [0.15, 0.2) is 0 Å². The van der Waals surface area contributed by atoms with Gasteiger partial charge < -0.3 is 15.2 Å². The molecule has 30 heavy (non-hydrogen) atoms. The van der Waals surface area contributed by atoms with Crippen molar-refractivity contribution >= 4 is 11.9 Å². The fraction of sp³-hybridized carbons (Fsp3) is 0.538. The number of carboxylic acids is 1. The summed E-state index contributed by atoms with van der Waals surface area (Å²) in [6.07, 6.45) is 28.7. The van der Waals surface area contributed by atoms with Crippen molar-refractivity contribution in [3.63, 3.8) is 0 Å². The maximum atomic E-state index is 11.8. The predicted molar refractivity (Wildman–Crippen MR) is 125 cm³/mol. The van der Waals surface area contributed by atoms with Crippen molar-refractivity contribution in [3.8, 4) is 0 Å². The van der Waals surface area contributed by atoms with Crippen LogP contribution < -0.4 is 10.4 Å². The van der Waals surface area contributed by atoms with Crippen LogP contribution in [0, 0.1) is 5.92 Å². The van der Waals surface area contributed by atoms with E-state index in [4.69, 9.17) is 0 Å². The highest BCUT2D eigenvalue weighted by Crippen LogP contribution is 2.05. The number of rotatable bonds is 17. The number of carbonyl (C=O) groups is 2. The van der Waals surface area contributed by atoms with Gasteiger partial charge in [-0.15, -0.1) is 0 Å². The summed E-state index contributed by atoms with van der Waals surface area (Å²) in [5.74, 6) is -1.25. The molecule has 0 bridgehead atoms. The number of hydrogen-bond acceptors (Lipinski definition) is 3. The first-order valence-corrected chi connectivity index (χ1v) is 11.2. The number of amides is 1. The lowest BCUT2D eigenvalue weighted by molar-refractivity contribution is -0.308. The average molecular weight is 415 g/mol. The molecule has 168 valence electrons. The van der Waals surface area contributed by atoms with Gasteiger partial charge in [0.05, 0.1) is 12.0 Å². The van der Waals surface area contributed by atoms with Gasteiger partial charge in [0.1, 0.15) is 0 Å². The fourth-order valence-corrected chi connectivity index (χ4v) is 2.70. The second-order valence-corrected chi connectivity index (χ2v) is 7.67. The van der Waals surface area contributed by atoms with Crippen LogP contribution in [0.3, 0.4) is 0 Å². The van der Waals surface area contributed by atoms with Gasteiger partial charge >= 0.3 is 0 Å². The lowest BCUT2D eigenvalue weighted by atomic mass is 10.0. The van der Waals surface area contributed by atoms with E-state index < -0.39 is 12.0 Å². The largest absolute Gasteiger partial charge is 0.548 e. The highest BCUT2D eigenvalue weighted by molar-refractivity contribution is 5.82. The first-order chi connectivity index (χ1) is 14.5. The Labute approximate surface area is 183 Å². The Bertz CT molecular complexity index is 597. The summed E-state index contributed by atoms with van der Waals surface area (Å²) in [4.78, 5) is 22.9. The van der Waals surface area contributed by atoms with Gasteiger partial charge in [0, 0.05) is 6.42 Å². The third kappa shape index (κ3) is 19.0. The zero-order valence-corrected chi connectivity index (χ0v) is 19.0. The maximum absolute atomic E-state index is 11.8. The van der Waals surface area contributed by atoms with Crippen LogP contribution in [0.25, 0.3) is 0 Å². The molecule has 0 aliphatic carbocycles. The topological polar surface area (TPSA) is 69.2 Å². The molecule has 0 spiro atoms. The second kappa shape index (κ2) is 19.9. The summed E-state index contributed by atoms with van der Waals surface area (Å²) >= 11 is 0. The molecule has 1 atom stereocenters. The zero-order valence-electron chi connectivity index (χ0n) is 19.0. The molecule has 1 amide bonds. The minimum atomic E-state index is -1.21. The van der Waals surface area contributed by atoms with Crippen molar-refractivity contribution in [1.82, 2.24) is 5.32 Å². The molecule has 0 aliphatic rings. The van der Waals surface area contributed by atoms with E-state index in [9.17, 15) is 14.7 Å². The molecular formula is C26H40NO3-. The van der Waals surface area contributed by atoms with Crippen molar-refractivity contribution in [2.45, 2.75) is 84.6 Å². The summed E-state index contributed by atoms with van der Waals surface area (Å²) in [6.45, 7) is 5.98. The lowest BCUT2D eigenvalue weighted by Crippen LogP contribution is -2.48. The van der Waals surface area contributed by atoms with Crippen LogP contribution in [0.2, 0.25) is 0 Å². The highest BCUT2D eigenvalue weighted by atomic mass is 16.4. The Morgan fingerprint density at radius 3 is 1.70 bits per heavy atom. The predicted octanol–water partition coefficient (Wildman–Crippen LogP) is 5.19. The summed E-state index contributed by atoms with van der Waals surface area (Å²) in [7, 11) is 0. The molecule has 0 saturated heterocycles. The average Bonchev–Trinajstić information content (AvgIpc) is 2.69. The molecule has 0 aromatic heterocycles. The highest BCUT2D eigenvalue weighted by Gasteiger charge is 2.14. The van der Waals surface area contributed by atoms with Crippen LogP contribution >= 0.6 is 0 Å². The summed E-state index contributed by atoms with van der Waals surface area (Å²) in [6, 6.07) is -0.897. The molecule has 0 aliphatic heterocycles. The third-order valence-corrected chi connectivity index (χ3v) is 4.26. The minimum Gasteiger partial charge on any atom is -0.548 e. The van der Waals surface area contributed by atoms with Crippen LogP contribution in [-0.4, -0.2) is 17.9 Å². The zero-order chi connectivity index (χ0) is 22.5. The molecule has 0 aromatic rings. The molecule has 1 N–H and O–H groups in total. The number of aliphatic carboxylic acids is 1. The Morgan fingerprint density at radius 2 is 1.27 bits per heavy atom. The Hall–Kier alpha value is -2.36. The van der Waals surface area contributed by atoms with Crippen molar-refractivity contribution in [3.05, 3.63) is 60.8 Å². The number of nitrogens with one attached hydrogen (secondary N) is 1. The fourth-order valence-electron chi connectivity index (χ4n) is 2.70. The van der Waals surface area contributed by atoms with E-state index in [0.717, 1.165) is 38.5 Å². The van der Waals surface area contributed by atoms with Gasteiger partial charge in [-0.3, -0.25) is 4.79 Å². The Morgan fingerprint density at radius 1 is 0.800 bits per heavy atom. The van der Waals surface area contributed by atoms with Crippen molar-refractivity contribution in [1.29, 1.82) is 0 Å².